The Labute approximate surface area is 165 Å². The van der Waals surface area contributed by atoms with E-state index in [1.807, 2.05) is 0 Å². The predicted molar refractivity (Wildman–Crippen MR) is 102 cm³/mol. The maximum absolute atomic E-state index is 11.7. The second-order valence-corrected chi connectivity index (χ2v) is 6.00. The first-order valence-electron chi connectivity index (χ1n) is 7.80. The van der Waals surface area contributed by atoms with Crippen LogP contribution < -0.4 is 10.2 Å². The molecule has 0 spiro atoms. The molecular weight excluding hydrogens is 395 g/mol. The topological polar surface area (TPSA) is 97.2 Å². The molecule has 7 nitrogen and oxygen atoms in total. The number of phenolic OH excluding ortho intramolecular Hbond substituents is 1. The van der Waals surface area contributed by atoms with Crippen molar-refractivity contribution >= 4 is 41.3 Å². The van der Waals surface area contributed by atoms with Crippen molar-refractivity contribution in [3.63, 3.8) is 0 Å². The average molecular weight is 411 g/mol. The van der Waals surface area contributed by atoms with Gasteiger partial charge in [0.25, 0.3) is 5.91 Å². The zero-order valence-corrected chi connectivity index (χ0v) is 15.8. The van der Waals surface area contributed by atoms with Crippen molar-refractivity contribution in [2.24, 2.45) is 5.10 Å². The molecule has 0 saturated carbocycles. The van der Waals surface area contributed by atoms with E-state index in [2.05, 4.69) is 10.5 Å². The second-order valence-electron chi connectivity index (χ2n) is 5.15. The molecule has 0 aliphatic heterocycles. The molecule has 0 aliphatic carbocycles. The van der Waals surface area contributed by atoms with Crippen LogP contribution in [0.3, 0.4) is 0 Å². The molecule has 0 radical (unpaired) electrons. The van der Waals surface area contributed by atoms with Crippen molar-refractivity contribution in [3.05, 3.63) is 57.6 Å². The molecule has 0 saturated heterocycles. The fourth-order valence-electron chi connectivity index (χ4n) is 1.94. The number of carbonyl (C=O) groups excluding carboxylic acids is 2. The first-order valence-corrected chi connectivity index (χ1v) is 8.56. The van der Waals surface area contributed by atoms with Crippen molar-refractivity contribution in [2.45, 2.75) is 6.92 Å². The first-order chi connectivity index (χ1) is 12.9. The van der Waals surface area contributed by atoms with Gasteiger partial charge in [0.1, 0.15) is 11.5 Å². The number of halogens is 2. The zero-order chi connectivity index (χ0) is 19.8. The Hall–Kier alpha value is -2.77. The normalized spacial score (nSPS) is 10.6. The largest absolute Gasteiger partial charge is 0.506 e. The van der Waals surface area contributed by atoms with Gasteiger partial charge in [0, 0.05) is 10.6 Å². The first kappa shape index (κ1) is 20.5. The monoisotopic (exact) mass is 410 g/mol. The standard InChI is InChI=1S/C18H16Cl2N2O5/c1-2-26-18(25)11-3-5-14(6-4-11)27-10-16(23)22-21-9-12-7-13(19)8-15(20)17(12)24/h3-9,24H,2,10H2,1H3,(H,22,23). The van der Waals surface area contributed by atoms with E-state index < -0.39 is 11.9 Å². The van der Waals surface area contributed by atoms with E-state index in [0.29, 0.717) is 16.3 Å². The van der Waals surface area contributed by atoms with Gasteiger partial charge in [-0.1, -0.05) is 23.2 Å². The summed E-state index contributed by atoms with van der Waals surface area (Å²) in [7, 11) is 0. The molecule has 2 N–H and O–H groups in total. The number of rotatable bonds is 7. The van der Waals surface area contributed by atoms with Gasteiger partial charge in [0.15, 0.2) is 6.61 Å². The van der Waals surface area contributed by atoms with Crippen LogP contribution in [0.5, 0.6) is 11.5 Å². The number of carbonyl (C=O) groups is 2. The average Bonchev–Trinajstić information content (AvgIpc) is 2.64. The number of benzene rings is 2. The van der Waals surface area contributed by atoms with Gasteiger partial charge in [0.2, 0.25) is 0 Å². The van der Waals surface area contributed by atoms with Gasteiger partial charge >= 0.3 is 5.97 Å². The molecule has 2 aromatic rings. The van der Waals surface area contributed by atoms with Gasteiger partial charge in [-0.25, -0.2) is 10.2 Å². The molecule has 0 heterocycles. The molecule has 0 fully saturated rings. The molecule has 9 heteroatoms. The molecular formula is C18H16Cl2N2O5. The summed E-state index contributed by atoms with van der Waals surface area (Å²) >= 11 is 11.6. The highest BCUT2D eigenvalue weighted by molar-refractivity contribution is 6.36. The van der Waals surface area contributed by atoms with Gasteiger partial charge in [-0.05, 0) is 43.3 Å². The summed E-state index contributed by atoms with van der Waals surface area (Å²) in [6, 6.07) is 9.00. The van der Waals surface area contributed by atoms with Crippen molar-refractivity contribution in [1.29, 1.82) is 0 Å². The Morgan fingerprint density at radius 2 is 1.93 bits per heavy atom. The van der Waals surface area contributed by atoms with Gasteiger partial charge in [-0.15, -0.1) is 0 Å². The fraction of sp³-hybridized carbons (Fsp3) is 0.167. The van der Waals surface area contributed by atoms with Crippen LogP contribution in [0, 0.1) is 0 Å². The Morgan fingerprint density at radius 3 is 2.59 bits per heavy atom. The highest BCUT2D eigenvalue weighted by Gasteiger charge is 2.08. The van der Waals surface area contributed by atoms with Crippen LogP contribution in [-0.2, 0) is 9.53 Å². The second kappa shape index (κ2) is 9.80. The van der Waals surface area contributed by atoms with E-state index in [4.69, 9.17) is 32.7 Å². The van der Waals surface area contributed by atoms with Crippen LogP contribution in [0.1, 0.15) is 22.8 Å². The number of amides is 1. The minimum atomic E-state index is -0.520. The molecule has 1 amide bonds. The van der Waals surface area contributed by atoms with Crippen LogP contribution in [0.2, 0.25) is 10.0 Å². The lowest BCUT2D eigenvalue weighted by molar-refractivity contribution is -0.123. The van der Waals surface area contributed by atoms with Crippen molar-refractivity contribution in [1.82, 2.24) is 5.43 Å². The lowest BCUT2D eigenvalue weighted by atomic mass is 10.2. The summed E-state index contributed by atoms with van der Waals surface area (Å²) in [5.74, 6) is -0.743. The SMILES string of the molecule is CCOC(=O)c1ccc(OCC(=O)NN=Cc2cc(Cl)cc(Cl)c2O)cc1. The van der Waals surface area contributed by atoms with Gasteiger partial charge < -0.3 is 14.6 Å². The third-order valence-corrected chi connectivity index (χ3v) is 3.69. The Kier molecular flexibility index (Phi) is 7.45. The molecule has 0 unspecified atom stereocenters. The van der Waals surface area contributed by atoms with E-state index in [9.17, 15) is 14.7 Å². The maximum Gasteiger partial charge on any atom is 0.338 e. The Balaban J connectivity index is 1.85. The minimum absolute atomic E-state index is 0.0740. The van der Waals surface area contributed by atoms with Gasteiger partial charge in [-0.3, -0.25) is 4.79 Å². The molecule has 0 bridgehead atoms. The van der Waals surface area contributed by atoms with Crippen molar-refractivity contribution in [3.8, 4) is 11.5 Å². The highest BCUT2D eigenvalue weighted by atomic mass is 35.5. The lowest BCUT2D eigenvalue weighted by Crippen LogP contribution is -2.24. The van der Waals surface area contributed by atoms with Crippen molar-refractivity contribution in [2.75, 3.05) is 13.2 Å². The van der Waals surface area contributed by atoms with Crippen LogP contribution >= 0.6 is 23.2 Å². The van der Waals surface area contributed by atoms with E-state index in [1.54, 1.807) is 19.1 Å². The van der Waals surface area contributed by atoms with E-state index in [0.717, 1.165) is 0 Å². The molecule has 2 rings (SSSR count). The molecule has 0 atom stereocenters. The summed E-state index contributed by atoms with van der Waals surface area (Å²) in [6.45, 7) is 1.72. The third kappa shape index (κ3) is 6.16. The number of ether oxygens (including phenoxy) is 2. The van der Waals surface area contributed by atoms with Crippen LogP contribution in [0.4, 0.5) is 0 Å². The summed E-state index contributed by atoms with van der Waals surface area (Å²) in [6.07, 6.45) is 1.21. The number of nitrogens with zero attached hydrogens (tertiary/aromatic N) is 1. The fourth-order valence-corrected chi connectivity index (χ4v) is 2.45. The highest BCUT2D eigenvalue weighted by Crippen LogP contribution is 2.29. The van der Waals surface area contributed by atoms with E-state index >= 15 is 0 Å². The van der Waals surface area contributed by atoms with Crippen LogP contribution in [0.15, 0.2) is 41.5 Å². The summed E-state index contributed by atoms with van der Waals surface area (Å²) in [5, 5.41) is 13.9. The number of phenols is 1. The van der Waals surface area contributed by atoms with Gasteiger partial charge in [0.05, 0.1) is 23.4 Å². The molecule has 27 heavy (non-hydrogen) atoms. The zero-order valence-electron chi connectivity index (χ0n) is 14.2. The number of aromatic hydroxyl groups is 1. The van der Waals surface area contributed by atoms with E-state index in [-0.39, 0.29) is 29.5 Å². The summed E-state index contributed by atoms with van der Waals surface area (Å²) in [4.78, 5) is 23.3. The predicted octanol–water partition coefficient (Wildman–Crippen LogP) is 3.40. The molecule has 0 aliphatic rings. The van der Waals surface area contributed by atoms with Crippen LogP contribution in [-0.4, -0.2) is 36.4 Å². The smallest absolute Gasteiger partial charge is 0.338 e. The molecule has 142 valence electrons. The lowest BCUT2D eigenvalue weighted by Gasteiger charge is -2.06. The number of nitrogens with one attached hydrogen (secondary N) is 1. The molecule has 0 aromatic heterocycles. The van der Waals surface area contributed by atoms with Gasteiger partial charge in [-0.2, -0.15) is 5.10 Å². The quantitative estimate of drug-likeness (QED) is 0.414. The van der Waals surface area contributed by atoms with Crippen LogP contribution in [0.25, 0.3) is 0 Å². The number of hydrogen-bond acceptors (Lipinski definition) is 6. The summed E-state index contributed by atoms with van der Waals surface area (Å²) in [5.41, 5.74) is 2.89. The number of esters is 1. The third-order valence-electron chi connectivity index (χ3n) is 3.19. The van der Waals surface area contributed by atoms with E-state index in [1.165, 1.54) is 30.5 Å². The number of hydrogen-bond donors (Lipinski definition) is 2. The van der Waals surface area contributed by atoms with Crippen molar-refractivity contribution < 1.29 is 24.2 Å². The number of hydrazone groups is 1. The Morgan fingerprint density at radius 1 is 1.22 bits per heavy atom. The summed E-state index contributed by atoms with van der Waals surface area (Å²) < 4.78 is 10.2. The maximum atomic E-state index is 11.7. The minimum Gasteiger partial charge on any atom is -0.506 e. The molecule has 2 aromatic carbocycles. The Bertz CT molecular complexity index is 854.